The molecule has 0 unspecified atom stereocenters. The molecule has 0 aromatic heterocycles. The summed E-state index contributed by atoms with van der Waals surface area (Å²) in [5.41, 5.74) is 0.587. The number of nitrogens with zero attached hydrogens (tertiary/aromatic N) is 1. The van der Waals surface area contributed by atoms with Gasteiger partial charge >= 0.3 is 0 Å². The zero-order valence-electron chi connectivity index (χ0n) is 11.5. The van der Waals surface area contributed by atoms with Crippen LogP contribution in [0.5, 0.6) is 5.75 Å². The lowest BCUT2D eigenvalue weighted by Crippen LogP contribution is -2.62. The van der Waals surface area contributed by atoms with E-state index in [0.29, 0.717) is 16.6 Å². The first-order chi connectivity index (χ1) is 8.98. The highest BCUT2D eigenvalue weighted by Gasteiger charge is 2.49. The summed E-state index contributed by atoms with van der Waals surface area (Å²) in [5, 5.41) is 12.8. The van der Waals surface area contributed by atoms with Crippen LogP contribution in [0, 0.1) is 16.7 Å². The van der Waals surface area contributed by atoms with Crippen LogP contribution in [-0.4, -0.2) is 18.7 Å². The minimum Gasteiger partial charge on any atom is -0.490 e. The summed E-state index contributed by atoms with van der Waals surface area (Å²) in [6.45, 7) is 7.51. The van der Waals surface area contributed by atoms with Crippen LogP contribution < -0.4 is 10.1 Å². The predicted octanol–water partition coefficient (Wildman–Crippen LogP) is 3.37. The van der Waals surface area contributed by atoms with E-state index in [2.05, 4.69) is 26.1 Å². The van der Waals surface area contributed by atoms with Crippen molar-refractivity contribution >= 4 is 11.6 Å². The largest absolute Gasteiger partial charge is 0.490 e. The van der Waals surface area contributed by atoms with E-state index < -0.39 is 0 Å². The highest BCUT2D eigenvalue weighted by molar-refractivity contribution is 6.31. The molecule has 0 aliphatic heterocycles. The maximum absolute atomic E-state index is 8.84. The first kappa shape index (κ1) is 14.2. The summed E-state index contributed by atoms with van der Waals surface area (Å²) in [6.07, 6.45) is 1.18. The van der Waals surface area contributed by atoms with E-state index in [4.69, 9.17) is 21.6 Å². The number of halogens is 1. The Bertz CT molecular complexity index is 507. The molecule has 1 aromatic rings. The molecule has 1 N–H and O–H groups in total. The molecule has 19 heavy (non-hydrogen) atoms. The van der Waals surface area contributed by atoms with Crippen LogP contribution in [0.2, 0.25) is 5.02 Å². The van der Waals surface area contributed by atoms with Gasteiger partial charge in [0.15, 0.2) is 0 Å². The van der Waals surface area contributed by atoms with Crippen molar-refractivity contribution in [1.29, 1.82) is 5.26 Å². The SMILES string of the molecule is CCN[C@@H]1C[C@H](Oc2ccc(C#N)c(Cl)c2)C1(C)C. The first-order valence-electron chi connectivity index (χ1n) is 6.58. The van der Waals surface area contributed by atoms with E-state index in [-0.39, 0.29) is 11.5 Å². The number of benzene rings is 1. The molecular weight excluding hydrogens is 260 g/mol. The Morgan fingerprint density at radius 2 is 2.26 bits per heavy atom. The molecule has 2 rings (SSSR count). The minimum absolute atomic E-state index is 0.108. The molecule has 0 saturated heterocycles. The van der Waals surface area contributed by atoms with Crippen LogP contribution >= 0.6 is 11.6 Å². The summed E-state index contributed by atoms with van der Waals surface area (Å²) >= 11 is 6.01. The summed E-state index contributed by atoms with van der Waals surface area (Å²) < 4.78 is 5.99. The molecular formula is C15H19ClN2O. The van der Waals surface area contributed by atoms with Crippen LogP contribution in [0.3, 0.4) is 0 Å². The third kappa shape index (κ3) is 2.70. The summed E-state index contributed by atoms with van der Waals surface area (Å²) in [5.74, 6) is 0.733. The number of ether oxygens (including phenoxy) is 1. The number of hydrogen-bond acceptors (Lipinski definition) is 3. The van der Waals surface area contributed by atoms with Gasteiger partial charge in [-0.15, -0.1) is 0 Å². The summed E-state index contributed by atoms with van der Waals surface area (Å²) in [7, 11) is 0. The van der Waals surface area contributed by atoms with Crippen molar-refractivity contribution in [2.24, 2.45) is 5.41 Å². The normalized spacial score (nSPS) is 24.4. The third-order valence-electron chi connectivity index (χ3n) is 3.97. The zero-order valence-corrected chi connectivity index (χ0v) is 12.3. The van der Waals surface area contributed by atoms with Gasteiger partial charge in [0.1, 0.15) is 17.9 Å². The van der Waals surface area contributed by atoms with Gasteiger partial charge in [0, 0.05) is 23.9 Å². The van der Waals surface area contributed by atoms with Crippen molar-refractivity contribution in [2.45, 2.75) is 39.3 Å². The summed E-state index contributed by atoms with van der Waals surface area (Å²) in [4.78, 5) is 0. The van der Waals surface area contributed by atoms with Gasteiger partial charge in [0.2, 0.25) is 0 Å². The number of rotatable bonds is 4. The van der Waals surface area contributed by atoms with Gasteiger partial charge in [0.25, 0.3) is 0 Å². The van der Waals surface area contributed by atoms with Crippen LogP contribution in [0.25, 0.3) is 0 Å². The molecule has 4 heteroatoms. The van der Waals surface area contributed by atoms with E-state index in [1.807, 2.05) is 6.07 Å². The van der Waals surface area contributed by atoms with E-state index in [0.717, 1.165) is 18.7 Å². The van der Waals surface area contributed by atoms with Gasteiger partial charge in [-0.05, 0) is 18.7 Å². The van der Waals surface area contributed by atoms with E-state index in [1.54, 1.807) is 18.2 Å². The molecule has 0 spiro atoms. The van der Waals surface area contributed by atoms with E-state index >= 15 is 0 Å². The molecule has 1 aromatic carbocycles. The van der Waals surface area contributed by atoms with Crippen LogP contribution in [0.4, 0.5) is 0 Å². The van der Waals surface area contributed by atoms with Crippen molar-refractivity contribution in [3.05, 3.63) is 28.8 Å². The second-order valence-corrected chi connectivity index (χ2v) is 5.93. The van der Waals surface area contributed by atoms with Crippen LogP contribution in [-0.2, 0) is 0 Å². The molecule has 1 saturated carbocycles. The molecule has 1 aliphatic rings. The lowest BCUT2D eigenvalue weighted by molar-refractivity contribution is -0.0541. The Morgan fingerprint density at radius 3 is 2.79 bits per heavy atom. The van der Waals surface area contributed by atoms with Crippen molar-refractivity contribution in [2.75, 3.05) is 6.54 Å². The Kier molecular flexibility index (Phi) is 4.03. The molecule has 0 bridgehead atoms. The molecule has 0 amide bonds. The van der Waals surface area contributed by atoms with Crippen LogP contribution in [0.15, 0.2) is 18.2 Å². The molecule has 102 valence electrons. The van der Waals surface area contributed by atoms with Gasteiger partial charge in [-0.25, -0.2) is 0 Å². The highest BCUT2D eigenvalue weighted by atomic mass is 35.5. The fraction of sp³-hybridized carbons (Fsp3) is 0.533. The molecule has 1 aliphatic carbocycles. The van der Waals surface area contributed by atoms with Crippen molar-refractivity contribution in [3.8, 4) is 11.8 Å². The number of nitriles is 1. The Morgan fingerprint density at radius 1 is 1.53 bits per heavy atom. The average Bonchev–Trinajstić information content (AvgIpc) is 2.38. The predicted molar refractivity (Wildman–Crippen MR) is 76.4 cm³/mol. The lowest BCUT2D eigenvalue weighted by atomic mass is 9.64. The topological polar surface area (TPSA) is 45.0 Å². The van der Waals surface area contributed by atoms with Gasteiger partial charge in [-0.1, -0.05) is 32.4 Å². The van der Waals surface area contributed by atoms with E-state index in [9.17, 15) is 0 Å². The smallest absolute Gasteiger partial charge is 0.121 e. The van der Waals surface area contributed by atoms with Crippen molar-refractivity contribution in [3.63, 3.8) is 0 Å². The quantitative estimate of drug-likeness (QED) is 0.918. The zero-order chi connectivity index (χ0) is 14.0. The maximum atomic E-state index is 8.84. The number of hydrogen-bond donors (Lipinski definition) is 1. The van der Waals surface area contributed by atoms with Gasteiger partial charge < -0.3 is 10.1 Å². The van der Waals surface area contributed by atoms with Gasteiger partial charge in [-0.2, -0.15) is 5.26 Å². The molecule has 1 fully saturated rings. The highest BCUT2D eigenvalue weighted by Crippen LogP contribution is 2.43. The molecule has 0 radical (unpaired) electrons. The van der Waals surface area contributed by atoms with Crippen molar-refractivity contribution in [1.82, 2.24) is 5.32 Å². The number of nitrogens with one attached hydrogen (secondary N) is 1. The second kappa shape index (κ2) is 5.40. The molecule has 0 heterocycles. The summed E-state index contributed by atoms with van der Waals surface area (Å²) in [6, 6.07) is 7.77. The Balaban J connectivity index is 2.04. The minimum atomic E-state index is 0.108. The van der Waals surface area contributed by atoms with E-state index in [1.165, 1.54) is 0 Å². The average molecular weight is 279 g/mol. The van der Waals surface area contributed by atoms with Crippen LogP contribution in [0.1, 0.15) is 32.8 Å². The fourth-order valence-electron chi connectivity index (χ4n) is 2.50. The second-order valence-electron chi connectivity index (χ2n) is 5.53. The monoisotopic (exact) mass is 278 g/mol. The first-order valence-corrected chi connectivity index (χ1v) is 6.96. The van der Waals surface area contributed by atoms with Gasteiger partial charge in [-0.3, -0.25) is 0 Å². The lowest BCUT2D eigenvalue weighted by Gasteiger charge is -2.51. The van der Waals surface area contributed by atoms with Crippen molar-refractivity contribution < 1.29 is 4.74 Å². The fourth-order valence-corrected chi connectivity index (χ4v) is 2.72. The molecule has 3 nitrogen and oxygen atoms in total. The molecule has 2 atom stereocenters. The Labute approximate surface area is 119 Å². The van der Waals surface area contributed by atoms with Gasteiger partial charge in [0.05, 0.1) is 10.6 Å². The maximum Gasteiger partial charge on any atom is 0.121 e. The standard InChI is InChI=1S/C15H19ClN2O/c1-4-18-13-8-14(15(13,2)3)19-11-6-5-10(9-17)12(16)7-11/h5-7,13-14,18H,4,8H2,1-3H3/t13-,14+/m1/s1. The third-order valence-corrected chi connectivity index (χ3v) is 4.28. The Hall–Kier alpha value is -1.24.